The molecule has 0 aliphatic carbocycles. The SMILES string of the molecule is CC(C)N(C)CCCCNc1cc(=O)[nH]cn1. The van der Waals surface area contributed by atoms with Gasteiger partial charge in [-0.15, -0.1) is 0 Å². The third-order valence-corrected chi connectivity index (χ3v) is 2.80. The van der Waals surface area contributed by atoms with E-state index >= 15 is 0 Å². The van der Waals surface area contributed by atoms with Gasteiger partial charge in [-0.05, 0) is 40.3 Å². The van der Waals surface area contributed by atoms with E-state index < -0.39 is 0 Å². The Bertz CT molecular complexity index is 375. The molecule has 1 rings (SSSR count). The van der Waals surface area contributed by atoms with Crippen LogP contribution in [0.15, 0.2) is 17.2 Å². The molecule has 0 fully saturated rings. The molecular weight excluding hydrogens is 216 g/mol. The van der Waals surface area contributed by atoms with Gasteiger partial charge in [-0.25, -0.2) is 4.98 Å². The monoisotopic (exact) mass is 238 g/mol. The summed E-state index contributed by atoms with van der Waals surface area (Å²) in [5.74, 6) is 0.644. The molecule has 0 aliphatic heterocycles. The number of nitrogens with zero attached hydrogens (tertiary/aromatic N) is 2. The lowest BCUT2D eigenvalue weighted by molar-refractivity contribution is 0.269. The lowest BCUT2D eigenvalue weighted by atomic mass is 10.2. The van der Waals surface area contributed by atoms with Crippen molar-refractivity contribution in [1.82, 2.24) is 14.9 Å². The van der Waals surface area contributed by atoms with Gasteiger partial charge < -0.3 is 15.2 Å². The summed E-state index contributed by atoms with van der Waals surface area (Å²) in [5.41, 5.74) is -0.123. The van der Waals surface area contributed by atoms with Crippen LogP contribution in [0.2, 0.25) is 0 Å². The molecule has 17 heavy (non-hydrogen) atoms. The summed E-state index contributed by atoms with van der Waals surface area (Å²) in [6.45, 7) is 6.33. The zero-order valence-electron chi connectivity index (χ0n) is 10.9. The summed E-state index contributed by atoms with van der Waals surface area (Å²) in [6.07, 6.45) is 3.63. The highest BCUT2D eigenvalue weighted by molar-refractivity contribution is 5.31. The van der Waals surface area contributed by atoms with Crippen LogP contribution >= 0.6 is 0 Å². The molecule has 0 saturated heterocycles. The summed E-state index contributed by atoms with van der Waals surface area (Å²) in [6, 6.07) is 2.07. The minimum absolute atomic E-state index is 0.123. The Morgan fingerprint density at radius 2 is 2.24 bits per heavy atom. The van der Waals surface area contributed by atoms with Crippen LogP contribution in [0.25, 0.3) is 0 Å². The Morgan fingerprint density at radius 1 is 1.47 bits per heavy atom. The maximum absolute atomic E-state index is 11.0. The first-order chi connectivity index (χ1) is 8.09. The second kappa shape index (κ2) is 7.06. The van der Waals surface area contributed by atoms with Crippen molar-refractivity contribution in [2.45, 2.75) is 32.7 Å². The average molecular weight is 238 g/mol. The van der Waals surface area contributed by atoms with Gasteiger partial charge >= 0.3 is 0 Å². The molecule has 0 atom stereocenters. The Labute approximate surface area is 102 Å². The summed E-state index contributed by atoms with van der Waals surface area (Å²) in [4.78, 5) is 19.8. The molecule has 0 aliphatic rings. The zero-order chi connectivity index (χ0) is 12.7. The highest BCUT2D eigenvalue weighted by atomic mass is 16.1. The minimum atomic E-state index is -0.123. The molecule has 0 spiro atoms. The van der Waals surface area contributed by atoms with E-state index in [1.54, 1.807) is 0 Å². The van der Waals surface area contributed by atoms with Crippen LogP contribution in [0.4, 0.5) is 5.82 Å². The summed E-state index contributed by atoms with van der Waals surface area (Å²) in [7, 11) is 2.14. The normalized spacial score (nSPS) is 11.1. The molecule has 0 saturated carbocycles. The van der Waals surface area contributed by atoms with Crippen LogP contribution in [0.3, 0.4) is 0 Å². The molecule has 1 heterocycles. The molecule has 0 radical (unpaired) electrons. The fourth-order valence-corrected chi connectivity index (χ4v) is 1.43. The van der Waals surface area contributed by atoms with Gasteiger partial charge in [0.15, 0.2) is 0 Å². The van der Waals surface area contributed by atoms with E-state index in [9.17, 15) is 4.79 Å². The maximum atomic E-state index is 11.0. The molecule has 5 heteroatoms. The van der Waals surface area contributed by atoms with Gasteiger partial charge in [0.2, 0.25) is 0 Å². The topological polar surface area (TPSA) is 61.0 Å². The summed E-state index contributed by atoms with van der Waals surface area (Å²) < 4.78 is 0. The highest BCUT2D eigenvalue weighted by Gasteiger charge is 2.01. The van der Waals surface area contributed by atoms with Crippen LogP contribution in [0, 0.1) is 0 Å². The van der Waals surface area contributed by atoms with Crippen molar-refractivity contribution in [2.75, 3.05) is 25.5 Å². The second-order valence-electron chi connectivity index (χ2n) is 4.50. The van der Waals surface area contributed by atoms with Crippen molar-refractivity contribution in [3.05, 3.63) is 22.7 Å². The lowest BCUT2D eigenvalue weighted by Crippen LogP contribution is -2.27. The molecule has 1 aromatic heterocycles. The van der Waals surface area contributed by atoms with Crippen molar-refractivity contribution < 1.29 is 0 Å². The van der Waals surface area contributed by atoms with Gasteiger partial charge in [-0.3, -0.25) is 4.79 Å². The zero-order valence-corrected chi connectivity index (χ0v) is 10.9. The van der Waals surface area contributed by atoms with Crippen LogP contribution in [-0.4, -0.2) is 41.0 Å². The fourth-order valence-electron chi connectivity index (χ4n) is 1.43. The van der Waals surface area contributed by atoms with Crippen molar-refractivity contribution in [3.63, 3.8) is 0 Å². The van der Waals surface area contributed by atoms with Crippen molar-refractivity contribution in [2.24, 2.45) is 0 Å². The Hall–Kier alpha value is -1.36. The number of hydrogen-bond acceptors (Lipinski definition) is 4. The molecule has 0 aromatic carbocycles. The van der Waals surface area contributed by atoms with Crippen LogP contribution in [-0.2, 0) is 0 Å². The van der Waals surface area contributed by atoms with E-state index in [0.29, 0.717) is 11.9 Å². The molecule has 0 unspecified atom stereocenters. The fraction of sp³-hybridized carbons (Fsp3) is 0.667. The lowest BCUT2D eigenvalue weighted by Gasteiger charge is -2.20. The third kappa shape index (κ3) is 5.49. The molecule has 1 aromatic rings. The number of anilines is 1. The van der Waals surface area contributed by atoms with E-state index in [0.717, 1.165) is 25.9 Å². The number of aromatic nitrogens is 2. The molecule has 0 amide bonds. The third-order valence-electron chi connectivity index (χ3n) is 2.80. The van der Waals surface area contributed by atoms with E-state index in [4.69, 9.17) is 0 Å². The quantitative estimate of drug-likeness (QED) is 0.703. The number of aromatic amines is 1. The first-order valence-corrected chi connectivity index (χ1v) is 6.08. The molecule has 0 bridgehead atoms. The van der Waals surface area contributed by atoms with Gasteiger partial charge in [0.05, 0.1) is 6.33 Å². The Morgan fingerprint density at radius 3 is 2.88 bits per heavy atom. The number of rotatable bonds is 7. The van der Waals surface area contributed by atoms with Gasteiger partial charge in [0.25, 0.3) is 5.56 Å². The van der Waals surface area contributed by atoms with Crippen molar-refractivity contribution in [3.8, 4) is 0 Å². The van der Waals surface area contributed by atoms with Crippen molar-refractivity contribution >= 4 is 5.82 Å². The van der Waals surface area contributed by atoms with Gasteiger partial charge in [-0.1, -0.05) is 0 Å². The number of hydrogen-bond donors (Lipinski definition) is 2. The smallest absolute Gasteiger partial charge is 0.252 e. The van der Waals surface area contributed by atoms with Crippen LogP contribution in [0.1, 0.15) is 26.7 Å². The number of nitrogens with one attached hydrogen (secondary N) is 2. The van der Waals surface area contributed by atoms with Gasteiger partial charge in [0, 0.05) is 18.7 Å². The summed E-state index contributed by atoms with van der Waals surface area (Å²) in [5, 5.41) is 3.14. The van der Waals surface area contributed by atoms with Crippen LogP contribution in [0.5, 0.6) is 0 Å². The first-order valence-electron chi connectivity index (χ1n) is 6.08. The predicted molar refractivity (Wildman–Crippen MR) is 70.3 cm³/mol. The average Bonchev–Trinajstić information content (AvgIpc) is 2.28. The Kier molecular flexibility index (Phi) is 5.69. The molecule has 5 nitrogen and oxygen atoms in total. The van der Waals surface area contributed by atoms with E-state index in [-0.39, 0.29) is 5.56 Å². The highest BCUT2D eigenvalue weighted by Crippen LogP contribution is 2.00. The van der Waals surface area contributed by atoms with E-state index in [1.807, 2.05) is 0 Å². The summed E-state index contributed by atoms with van der Waals surface area (Å²) >= 11 is 0. The van der Waals surface area contributed by atoms with Gasteiger partial charge in [0.1, 0.15) is 5.82 Å². The molecule has 2 N–H and O–H groups in total. The second-order valence-corrected chi connectivity index (χ2v) is 4.50. The first kappa shape index (κ1) is 13.7. The van der Waals surface area contributed by atoms with E-state index in [2.05, 4.69) is 41.1 Å². The minimum Gasteiger partial charge on any atom is -0.370 e. The largest absolute Gasteiger partial charge is 0.370 e. The Balaban J connectivity index is 2.14. The predicted octanol–water partition coefficient (Wildman–Crippen LogP) is 1.30. The standard InChI is InChI=1S/C12H22N4O/c1-10(2)16(3)7-5-4-6-13-11-8-12(17)15-9-14-11/h8-10H,4-7H2,1-3H3,(H2,13,14,15,17). The van der Waals surface area contributed by atoms with Gasteiger partial charge in [-0.2, -0.15) is 0 Å². The number of unbranched alkanes of at least 4 members (excludes halogenated alkanes) is 1. The number of H-pyrrole nitrogens is 1. The van der Waals surface area contributed by atoms with E-state index in [1.165, 1.54) is 12.4 Å². The van der Waals surface area contributed by atoms with Crippen molar-refractivity contribution in [1.29, 1.82) is 0 Å². The maximum Gasteiger partial charge on any atom is 0.252 e. The molecule has 96 valence electrons. The van der Waals surface area contributed by atoms with Crippen LogP contribution < -0.4 is 10.9 Å². The molecular formula is C12H22N4O.